The normalized spacial score (nSPS) is 10.7. The van der Waals surface area contributed by atoms with Gasteiger partial charge in [0.2, 0.25) is 0 Å². The molecule has 0 saturated carbocycles. The number of esters is 1. The summed E-state index contributed by atoms with van der Waals surface area (Å²) in [7, 11) is 0. The molecule has 94 valence electrons. The summed E-state index contributed by atoms with van der Waals surface area (Å²) >= 11 is 11.3. The monoisotopic (exact) mass is 283 g/mol. The van der Waals surface area contributed by atoms with E-state index in [0.717, 1.165) is 6.20 Å². The Morgan fingerprint density at radius 1 is 1.59 bits per heavy atom. The second-order valence-electron chi connectivity index (χ2n) is 3.01. The molecule has 17 heavy (non-hydrogen) atoms. The van der Waals surface area contributed by atoms with E-state index in [4.69, 9.17) is 27.9 Å². The molecule has 0 unspecified atom stereocenters. The Morgan fingerprint density at radius 2 is 2.24 bits per heavy atom. The number of carbonyl (C=O) groups excluding carboxylic acids is 1. The van der Waals surface area contributed by atoms with Crippen LogP contribution in [-0.2, 0) is 10.6 Å². The molecule has 0 fully saturated rings. The average Bonchev–Trinajstić information content (AvgIpc) is 2.28. The van der Waals surface area contributed by atoms with Crippen molar-refractivity contribution in [1.82, 2.24) is 4.98 Å². The van der Waals surface area contributed by atoms with Gasteiger partial charge in [0, 0.05) is 17.6 Å². The number of hydrogen-bond acceptors (Lipinski definition) is 3. The van der Waals surface area contributed by atoms with Gasteiger partial charge in [-0.2, -0.15) is 0 Å². The number of nitrogens with zero attached hydrogens (tertiary/aromatic N) is 1. The summed E-state index contributed by atoms with van der Waals surface area (Å²) in [6, 6.07) is 0. The Morgan fingerprint density at radius 3 is 2.71 bits per heavy atom. The zero-order valence-electron chi connectivity index (χ0n) is 8.84. The first kappa shape index (κ1) is 14.1. The predicted molar refractivity (Wildman–Crippen MR) is 59.7 cm³/mol. The van der Waals surface area contributed by atoms with Crippen molar-refractivity contribution in [3.05, 3.63) is 28.0 Å². The van der Waals surface area contributed by atoms with Crippen LogP contribution in [-0.4, -0.2) is 17.6 Å². The molecule has 0 aliphatic carbocycles. The van der Waals surface area contributed by atoms with Gasteiger partial charge in [-0.25, -0.2) is 18.6 Å². The van der Waals surface area contributed by atoms with Crippen LogP contribution in [0.15, 0.2) is 6.20 Å². The van der Waals surface area contributed by atoms with Crippen molar-refractivity contribution < 1.29 is 18.3 Å². The lowest BCUT2D eigenvalue weighted by Crippen LogP contribution is -2.10. The van der Waals surface area contributed by atoms with Crippen LogP contribution in [0, 0.1) is 0 Å². The maximum Gasteiger partial charge on any atom is 0.358 e. The molecule has 0 amide bonds. The molecule has 1 aromatic rings. The van der Waals surface area contributed by atoms with Gasteiger partial charge >= 0.3 is 5.97 Å². The van der Waals surface area contributed by atoms with E-state index in [1.165, 1.54) is 0 Å². The Bertz CT molecular complexity index is 427. The summed E-state index contributed by atoms with van der Waals surface area (Å²) < 4.78 is 29.9. The molecule has 3 nitrogen and oxygen atoms in total. The maximum absolute atomic E-state index is 12.6. The maximum atomic E-state index is 12.6. The van der Waals surface area contributed by atoms with Gasteiger partial charge in [0.25, 0.3) is 6.43 Å². The minimum atomic E-state index is -2.75. The van der Waals surface area contributed by atoms with Crippen molar-refractivity contribution in [2.24, 2.45) is 0 Å². The molecule has 0 aliphatic heterocycles. The van der Waals surface area contributed by atoms with Crippen LogP contribution in [0.5, 0.6) is 0 Å². The number of hydrogen-bond donors (Lipinski definition) is 0. The first-order valence-corrected chi connectivity index (χ1v) is 5.62. The van der Waals surface area contributed by atoms with Gasteiger partial charge in [-0.15, -0.1) is 11.6 Å². The Balaban J connectivity index is 3.24. The van der Waals surface area contributed by atoms with Gasteiger partial charge in [0.05, 0.1) is 11.6 Å². The molecule has 0 N–H and O–H groups in total. The second kappa shape index (κ2) is 6.12. The molecular formula is C10H9Cl2F2NO2. The number of alkyl halides is 3. The first-order valence-electron chi connectivity index (χ1n) is 4.71. The van der Waals surface area contributed by atoms with Crippen molar-refractivity contribution in [1.29, 1.82) is 0 Å². The number of halogens is 4. The molecule has 0 atom stereocenters. The highest BCUT2D eigenvalue weighted by molar-refractivity contribution is 6.34. The molecule has 0 aromatic carbocycles. The standard InChI is InChI=1S/C10H9Cl2F2NO2/c1-2-17-10(16)8-7(12)5(3-11)6(4-15-8)9(13)14/h4,9H,2-3H2,1H3. The number of aromatic nitrogens is 1. The summed E-state index contributed by atoms with van der Waals surface area (Å²) in [4.78, 5) is 15.0. The second-order valence-corrected chi connectivity index (χ2v) is 3.65. The summed E-state index contributed by atoms with van der Waals surface area (Å²) in [5.74, 6) is -0.988. The van der Waals surface area contributed by atoms with Gasteiger partial charge in [0.1, 0.15) is 0 Å². The first-order chi connectivity index (χ1) is 8.02. The summed E-state index contributed by atoms with van der Waals surface area (Å²) in [6.45, 7) is 1.76. The highest BCUT2D eigenvalue weighted by atomic mass is 35.5. The van der Waals surface area contributed by atoms with E-state index in [0.29, 0.717) is 0 Å². The Kier molecular flexibility index (Phi) is 5.08. The van der Waals surface area contributed by atoms with Crippen molar-refractivity contribution in [3.63, 3.8) is 0 Å². The van der Waals surface area contributed by atoms with Crippen molar-refractivity contribution >= 4 is 29.2 Å². The van der Waals surface area contributed by atoms with Crippen LogP contribution in [0.2, 0.25) is 5.02 Å². The van der Waals surface area contributed by atoms with E-state index in [2.05, 4.69) is 4.98 Å². The fourth-order valence-electron chi connectivity index (χ4n) is 1.20. The molecule has 7 heteroatoms. The minimum Gasteiger partial charge on any atom is -0.461 e. The van der Waals surface area contributed by atoms with Crippen LogP contribution in [0.1, 0.15) is 35.0 Å². The quantitative estimate of drug-likeness (QED) is 0.626. The van der Waals surface area contributed by atoms with Gasteiger partial charge in [0.15, 0.2) is 5.69 Å². The van der Waals surface area contributed by atoms with E-state index < -0.39 is 12.4 Å². The van der Waals surface area contributed by atoms with Crippen LogP contribution >= 0.6 is 23.2 Å². The predicted octanol–water partition coefficient (Wildman–Crippen LogP) is 3.59. The molecule has 0 aliphatic rings. The molecule has 1 rings (SSSR count). The Labute approximate surface area is 107 Å². The van der Waals surface area contributed by atoms with Crippen molar-refractivity contribution in [2.75, 3.05) is 6.61 Å². The smallest absolute Gasteiger partial charge is 0.358 e. The summed E-state index contributed by atoms with van der Waals surface area (Å²) in [5.41, 5.74) is -0.576. The van der Waals surface area contributed by atoms with Gasteiger partial charge < -0.3 is 4.74 Å². The molecular weight excluding hydrogens is 275 g/mol. The third kappa shape index (κ3) is 3.04. The van der Waals surface area contributed by atoms with E-state index >= 15 is 0 Å². The molecule has 0 bridgehead atoms. The zero-order valence-corrected chi connectivity index (χ0v) is 10.4. The fraction of sp³-hybridized carbons (Fsp3) is 0.400. The lowest BCUT2D eigenvalue weighted by molar-refractivity contribution is 0.0519. The SMILES string of the molecule is CCOC(=O)c1ncc(C(F)F)c(CCl)c1Cl. The van der Waals surface area contributed by atoms with Crippen LogP contribution in [0.25, 0.3) is 0 Å². The van der Waals surface area contributed by atoms with E-state index in [1.807, 2.05) is 0 Å². The van der Waals surface area contributed by atoms with Crippen LogP contribution in [0.3, 0.4) is 0 Å². The van der Waals surface area contributed by atoms with Crippen molar-refractivity contribution in [2.45, 2.75) is 19.2 Å². The zero-order chi connectivity index (χ0) is 13.0. The third-order valence-corrected chi connectivity index (χ3v) is 2.67. The average molecular weight is 284 g/mol. The molecule has 0 spiro atoms. The van der Waals surface area contributed by atoms with Crippen LogP contribution in [0.4, 0.5) is 8.78 Å². The molecule has 1 heterocycles. The van der Waals surface area contributed by atoms with Gasteiger partial charge in [-0.05, 0) is 12.5 Å². The highest BCUT2D eigenvalue weighted by Crippen LogP contribution is 2.31. The largest absolute Gasteiger partial charge is 0.461 e. The number of rotatable bonds is 4. The number of pyridine rings is 1. The molecule has 0 saturated heterocycles. The Hall–Kier alpha value is -0.940. The lowest BCUT2D eigenvalue weighted by Gasteiger charge is -2.10. The summed E-state index contributed by atoms with van der Waals surface area (Å²) in [6.07, 6.45) is -1.86. The molecule has 0 radical (unpaired) electrons. The van der Waals surface area contributed by atoms with E-state index in [1.54, 1.807) is 6.92 Å². The summed E-state index contributed by atoms with van der Waals surface area (Å²) in [5, 5.41) is -0.184. The highest BCUT2D eigenvalue weighted by Gasteiger charge is 2.22. The number of ether oxygens (including phenoxy) is 1. The minimum absolute atomic E-state index is 0.00128. The van der Waals surface area contributed by atoms with Gasteiger partial charge in [-0.1, -0.05) is 11.6 Å². The topological polar surface area (TPSA) is 39.2 Å². The van der Waals surface area contributed by atoms with E-state index in [9.17, 15) is 13.6 Å². The van der Waals surface area contributed by atoms with Crippen molar-refractivity contribution in [3.8, 4) is 0 Å². The van der Waals surface area contributed by atoms with Crippen LogP contribution < -0.4 is 0 Å². The van der Waals surface area contributed by atoms with E-state index in [-0.39, 0.29) is 34.3 Å². The molecule has 1 aromatic heterocycles. The lowest BCUT2D eigenvalue weighted by atomic mass is 10.1. The fourth-order valence-corrected chi connectivity index (χ4v) is 1.86. The van der Waals surface area contributed by atoms with Gasteiger partial charge in [-0.3, -0.25) is 0 Å². The third-order valence-electron chi connectivity index (χ3n) is 1.99. The number of carbonyl (C=O) groups is 1.